The van der Waals surface area contributed by atoms with Gasteiger partial charge in [0.15, 0.2) is 0 Å². The molecule has 0 fully saturated rings. The molecule has 8 heteroatoms. The third kappa shape index (κ3) is 17.1. The van der Waals surface area contributed by atoms with Gasteiger partial charge >= 0.3 is 18.9 Å². The van der Waals surface area contributed by atoms with E-state index in [2.05, 4.69) is 6.92 Å². The van der Waals surface area contributed by atoms with Crippen LogP contribution in [0.15, 0.2) is 18.2 Å². The van der Waals surface area contributed by atoms with Crippen LogP contribution in [0.3, 0.4) is 0 Å². The largest absolute Gasteiger partial charge is 1.00 e. The maximum atomic E-state index is 11.5. The number of carboxylic acid groups (broad SMARTS) is 1. The summed E-state index contributed by atoms with van der Waals surface area (Å²) >= 11 is 0. The number of hydrogen-bond acceptors (Lipinski definition) is 7. The summed E-state index contributed by atoms with van der Waals surface area (Å²) < 4.78 is 21.4. The Balaban J connectivity index is 0.0000102. The van der Waals surface area contributed by atoms with E-state index in [1.807, 2.05) is 6.07 Å². The average Bonchev–Trinajstić information content (AvgIpc) is 2.79. The molecule has 1 rings (SSSR count). The van der Waals surface area contributed by atoms with Gasteiger partial charge in [-0.15, -0.1) is 0 Å². The molecule has 7 nitrogen and oxygen atoms in total. The minimum absolute atomic E-state index is 0. The number of rotatable bonds is 22. The Morgan fingerprint density at radius 2 is 1.36 bits per heavy atom. The van der Waals surface area contributed by atoms with Crippen molar-refractivity contribution in [1.29, 1.82) is 0 Å². The summed E-state index contributed by atoms with van der Waals surface area (Å²) in [5.74, 6) is -0.916. The molecule has 0 aliphatic carbocycles. The van der Waals surface area contributed by atoms with E-state index in [1.165, 1.54) is 44.9 Å². The fraction of sp³-hybridized carbons (Fsp3) is 0.720. The van der Waals surface area contributed by atoms with Crippen LogP contribution in [-0.4, -0.2) is 63.9 Å². The molecule has 1 aromatic carbocycles. The Bertz CT molecular complexity index is 598. The fourth-order valence-corrected chi connectivity index (χ4v) is 3.30. The van der Waals surface area contributed by atoms with Crippen molar-refractivity contribution < 1.29 is 52.8 Å². The Kier molecular flexibility index (Phi) is 22.0. The van der Waals surface area contributed by atoms with Crippen LogP contribution in [0.2, 0.25) is 0 Å². The summed E-state index contributed by atoms with van der Waals surface area (Å²) in [4.78, 5) is 11.5. The number of carboxylic acids is 1. The molecule has 0 atom stereocenters. The van der Waals surface area contributed by atoms with Gasteiger partial charge in [0, 0.05) is 5.56 Å². The zero-order valence-corrected chi connectivity index (χ0v) is 20.6. The van der Waals surface area contributed by atoms with Crippen LogP contribution in [0.4, 0.5) is 0 Å². The van der Waals surface area contributed by atoms with Crippen LogP contribution in [0, 0.1) is 0 Å². The van der Waals surface area contributed by atoms with Crippen LogP contribution < -0.4 is 28.7 Å². The zero-order chi connectivity index (χ0) is 23.3. The Labute approximate surface area is 211 Å². The van der Waals surface area contributed by atoms with Crippen molar-refractivity contribution in [2.24, 2.45) is 0 Å². The van der Waals surface area contributed by atoms with Crippen LogP contribution in [0.5, 0.6) is 5.75 Å². The number of carbonyl (C=O) groups excluding carboxylic acids is 1. The van der Waals surface area contributed by atoms with Crippen molar-refractivity contribution >= 4 is 5.97 Å². The van der Waals surface area contributed by atoms with E-state index in [0.29, 0.717) is 45.4 Å². The number of aliphatic hydroxyl groups is 1. The van der Waals surface area contributed by atoms with Gasteiger partial charge < -0.3 is 34.0 Å². The summed E-state index contributed by atoms with van der Waals surface area (Å²) in [6.45, 7) is 4.84. The van der Waals surface area contributed by atoms with Gasteiger partial charge in [-0.05, 0) is 30.5 Å². The Hall–Kier alpha value is -1.07. The van der Waals surface area contributed by atoms with E-state index >= 15 is 0 Å². The van der Waals surface area contributed by atoms with Gasteiger partial charge in [0.1, 0.15) is 12.4 Å². The third-order valence-corrected chi connectivity index (χ3v) is 5.05. The first kappa shape index (κ1) is 31.9. The van der Waals surface area contributed by atoms with Gasteiger partial charge in [0.25, 0.3) is 0 Å². The van der Waals surface area contributed by atoms with E-state index < -0.39 is 5.97 Å². The summed E-state index contributed by atoms with van der Waals surface area (Å²) in [6, 6.07) is 5.30. The van der Waals surface area contributed by atoms with E-state index in [-0.39, 0.29) is 37.6 Å². The summed E-state index contributed by atoms with van der Waals surface area (Å²) in [6.07, 6.45) is 10.8. The van der Waals surface area contributed by atoms with Gasteiger partial charge in [-0.2, -0.15) is 0 Å². The molecule has 0 amide bonds. The standard InChI is InChI=1S/C25H42O7.Li/c1-2-3-4-5-6-7-8-9-10-22-11-12-24(23(21-22)25(27)28)32-20-19-31-18-17-30-16-15-29-14-13-26;/h11-12,21,26H,2-10,13-20H2,1H3,(H,27,28);/q;+1/p-1. The molecule has 184 valence electrons. The van der Waals surface area contributed by atoms with Gasteiger partial charge in [-0.1, -0.05) is 57.9 Å². The predicted molar refractivity (Wildman–Crippen MR) is 122 cm³/mol. The number of benzene rings is 1. The first-order valence-electron chi connectivity index (χ1n) is 12.0. The van der Waals surface area contributed by atoms with Crippen LogP contribution >= 0.6 is 0 Å². The minimum Gasteiger partial charge on any atom is -0.545 e. The second-order valence-electron chi connectivity index (χ2n) is 7.75. The summed E-state index contributed by atoms with van der Waals surface area (Å²) in [7, 11) is 0. The molecule has 0 bridgehead atoms. The van der Waals surface area contributed by atoms with Crippen LogP contribution in [0.25, 0.3) is 0 Å². The normalized spacial score (nSPS) is 10.7. The first-order valence-corrected chi connectivity index (χ1v) is 12.0. The minimum atomic E-state index is -1.23. The van der Waals surface area contributed by atoms with E-state index in [4.69, 9.17) is 24.1 Å². The fourth-order valence-electron chi connectivity index (χ4n) is 3.30. The molecule has 0 heterocycles. The number of aromatic carboxylic acids is 1. The number of carbonyl (C=O) groups is 1. The SMILES string of the molecule is CCCCCCCCCCc1ccc(OCCOCCOCCOCCO)c(C(=O)[O-])c1.[Li+]. The van der Waals surface area contributed by atoms with Gasteiger partial charge in [0.05, 0.1) is 52.2 Å². The molecule has 0 saturated carbocycles. The van der Waals surface area contributed by atoms with Crippen molar-refractivity contribution in [2.45, 2.75) is 64.7 Å². The Morgan fingerprint density at radius 3 is 1.94 bits per heavy atom. The van der Waals surface area contributed by atoms with E-state index in [9.17, 15) is 9.90 Å². The van der Waals surface area contributed by atoms with Crippen molar-refractivity contribution in [3.63, 3.8) is 0 Å². The van der Waals surface area contributed by atoms with Gasteiger partial charge in [-0.3, -0.25) is 0 Å². The Morgan fingerprint density at radius 1 is 0.818 bits per heavy atom. The maximum absolute atomic E-state index is 11.5. The predicted octanol–water partition coefficient (Wildman–Crippen LogP) is 0.158. The van der Waals surface area contributed by atoms with Crippen molar-refractivity contribution in [3.05, 3.63) is 29.3 Å². The molecule has 0 aliphatic heterocycles. The molecular weight excluding hydrogens is 419 g/mol. The van der Waals surface area contributed by atoms with E-state index in [0.717, 1.165) is 18.4 Å². The molecule has 1 aromatic rings. The topological polar surface area (TPSA) is 97.3 Å². The van der Waals surface area contributed by atoms with Crippen molar-refractivity contribution in [2.75, 3.05) is 52.9 Å². The smallest absolute Gasteiger partial charge is 0.545 e. The first-order chi connectivity index (χ1) is 15.7. The quantitative estimate of drug-likeness (QED) is 0.194. The number of unbranched alkanes of at least 4 members (excludes halogenated alkanes) is 7. The third-order valence-electron chi connectivity index (χ3n) is 5.05. The van der Waals surface area contributed by atoms with Crippen LogP contribution in [-0.2, 0) is 20.6 Å². The van der Waals surface area contributed by atoms with Crippen molar-refractivity contribution in [1.82, 2.24) is 0 Å². The molecule has 0 aliphatic rings. The number of aliphatic hydroxyl groups excluding tert-OH is 1. The maximum Gasteiger partial charge on any atom is 1.00 e. The molecule has 1 N–H and O–H groups in total. The molecule has 0 spiro atoms. The second-order valence-corrected chi connectivity index (χ2v) is 7.75. The number of aryl methyl sites for hydroxylation is 1. The van der Waals surface area contributed by atoms with Gasteiger partial charge in [0.2, 0.25) is 0 Å². The molecule has 0 unspecified atom stereocenters. The molecule has 33 heavy (non-hydrogen) atoms. The average molecular weight is 461 g/mol. The summed E-state index contributed by atoms with van der Waals surface area (Å²) in [5, 5.41) is 20.1. The number of hydrogen-bond donors (Lipinski definition) is 1. The van der Waals surface area contributed by atoms with Crippen molar-refractivity contribution in [3.8, 4) is 5.75 Å². The number of ether oxygens (including phenoxy) is 4. The second kappa shape index (κ2) is 22.7. The van der Waals surface area contributed by atoms with Gasteiger partial charge in [-0.25, -0.2) is 0 Å². The summed E-state index contributed by atoms with van der Waals surface area (Å²) in [5.41, 5.74) is 1.09. The van der Waals surface area contributed by atoms with Crippen LogP contribution in [0.1, 0.15) is 74.2 Å². The monoisotopic (exact) mass is 460 g/mol. The molecule has 0 saturated heterocycles. The molecule has 0 aromatic heterocycles. The zero-order valence-electron chi connectivity index (χ0n) is 20.6. The van der Waals surface area contributed by atoms with E-state index in [1.54, 1.807) is 12.1 Å². The molecular formula is C25H41LiO7. The molecule has 0 radical (unpaired) electrons.